The molecule has 21 heavy (non-hydrogen) atoms. The number of carboxylic acid groups (broad SMARTS) is 1. The van der Waals surface area contributed by atoms with Crippen molar-refractivity contribution in [3.63, 3.8) is 0 Å². The Morgan fingerprint density at radius 1 is 1.33 bits per heavy atom. The molecule has 1 aliphatic heterocycles. The van der Waals surface area contributed by atoms with Gasteiger partial charge in [0.05, 0.1) is 6.04 Å². The van der Waals surface area contributed by atoms with Gasteiger partial charge in [-0.05, 0) is 49.1 Å². The monoisotopic (exact) mass is 288 g/mol. The van der Waals surface area contributed by atoms with Crippen LogP contribution in [0.1, 0.15) is 25.3 Å². The molecule has 1 fully saturated rings. The summed E-state index contributed by atoms with van der Waals surface area (Å²) in [5.41, 5.74) is 1.49. The van der Waals surface area contributed by atoms with Crippen molar-refractivity contribution in [1.29, 1.82) is 0 Å². The average molecular weight is 288 g/mol. The van der Waals surface area contributed by atoms with Gasteiger partial charge in [0.25, 0.3) is 0 Å². The highest BCUT2D eigenvalue weighted by Gasteiger charge is 2.24. The van der Waals surface area contributed by atoms with Crippen molar-refractivity contribution >= 4 is 23.6 Å². The van der Waals surface area contributed by atoms with Gasteiger partial charge < -0.3 is 15.7 Å². The zero-order chi connectivity index (χ0) is 15.2. The molecule has 1 amide bonds. The first-order valence-electron chi connectivity index (χ1n) is 7.10. The number of nitrogens with one attached hydrogen (secondary N) is 2. The van der Waals surface area contributed by atoms with Crippen LogP contribution in [0.2, 0.25) is 0 Å². The maximum atomic E-state index is 12.1. The molecule has 5 heteroatoms. The number of piperidine rings is 1. The molecule has 0 aliphatic carbocycles. The zero-order valence-corrected chi connectivity index (χ0v) is 12.0. The molecule has 112 valence electrons. The molecule has 2 unspecified atom stereocenters. The highest BCUT2D eigenvalue weighted by Crippen LogP contribution is 2.17. The third-order valence-electron chi connectivity index (χ3n) is 3.58. The fraction of sp³-hybridized carbons (Fsp3) is 0.375. The molecule has 0 radical (unpaired) electrons. The van der Waals surface area contributed by atoms with Crippen LogP contribution >= 0.6 is 0 Å². The Labute approximate surface area is 124 Å². The minimum Gasteiger partial charge on any atom is -0.478 e. The van der Waals surface area contributed by atoms with E-state index in [1.54, 1.807) is 24.3 Å². The molecule has 5 nitrogen and oxygen atoms in total. The van der Waals surface area contributed by atoms with Crippen LogP contribution in [0.5, 0.6) is 0 Å². The van der Waals surface area contributed by atoms with Gasteiger partial charge in [-0.15, -0.1) is 0 Å². The molecule has 3 N–H and O–H groups in total. The number of hydrogen-bond acceptors (Lipinski definition) is 3. The Bertz CT molecular complexity index is 537. The van der Waals surface area contributed by atoms with Crippen molar-refractivity contribution in [3.05, 3.63) is 35.9 Å². The molecule has 1 aliphatic rings. The predicted molar refractivity (Wildman–Crippen MR) is 81.9 cm³/mol. The standard InChI is InChI=1S/C16H20N2O3/c1-11-8-9-17-14(10-11)16(21)18-13-5-2-12(3-6-13)4-7-15(19)20/h2-7,11,14,17H,8-10H2,1H3,(H,18,21)(H,19,20)/b7-4+. The van der Waals surface area contributed by atoms with Crippen molar-refractivity contribution in [1.82, 2.24) is 5.32 Å². The molecule has 1 saturated heterocycles. The molecule has 1 aromatic carbocycles. The number of carboxylic acids is 1. The minimum absolute atomic E-state index is 0.0182. The summed E-state index contributed by atoms with van der Waals surface area (Å²) in [6.07, 6.45) is 4.55. The second kappa shape index (κ2) is 7.04. The van der Waals surface area contributed by atoms with Crippen LogP contribution in [0.15, 0.2) is 30.3 Å². The van der Waals surface area contributed by atoms with Crippen molar-refractivity contribution in [2.45, 2.75) is 25.8 Å². The molecule has 2 atom stereocenters. The molecule has 0 spiro atoms. The Kier molecular flexibility index (Phi) is 5.11. The van der Waals surface area contributed by atoms with E-state index in [9.17, 15) is 9.59 Å². The second-order valence-corrected chi connectivity index (χ2v) is 5.42. The first-order valence-corrected chi connectivity index (χ1v) is 7.10. The number of amides is 1. The lowest BCUT2D eigenvalue weighted by Gasteiger charge is -2.27. The van der Waals surface area contributed by atoms with Crippen molar-refractivity contribution in [2.75, 3.05) is 11.9 Å². The van der Waals surface area contributed by atoms with E-state index in [2.05, 4.69) is 17.6 Å². The predicted octanol–water partition coefficient (Wildman–Crippen LogP) is 2.11. The van der Waals surface area contributed by atoms with Gasteiger partial charge in [-0.2, -0.15) is 0 Å². The van der Waals surface area contributed by atoms with E-state index in [0.717, 1.165) is 31.0 Å². The maximum Gasteiger partial charge on any atom is 0.328 e. The fourth-order valence-corrected chi connectivity index (χ4v) is 2.38. The van der Waals surface area contributed by atoms with Crippen LogP contribution in [-0.2, 0) is 9.59 Å². The summed E-state index contributed by atoms with van der Waals surface area (Å²) in [6, 6.07) is 6.94. The number of carbonyl (C=O) groups is 2. The zero-order valence-electron chi connectivity index (χ0n) is 12.0. The van der Waals surface area contributed by atoms with Gasteiger partial charge in [-0.3, -0.25) is 4.79 Å². The van der Waals surface area contributed by atoms with E-state index < -0.39 is 5.97 Å². The van der Waals surface area contributed by atoms with Gasteiger partial charge in [0.15, 0.2) is 0 Å². The molecule has 2 rings (SSSR count). The third kappa shape index (κ3) is 4.72. The Balaban J connectivity index is 1.93. The summed E-state index contributed by atoms with van der Waals surface area (Å²) in [4.78, 5) is 22.6. The summed E-state index contributed by atoms with van der Waals surface area (Å²) < 4.78 is 0. The Morgan fingerprint density at radius 3 is 2.67 bits per heavy atom. The molecule has 1 aromatic rings. The second-order valence-electron chi connectivity index (χ2n) is 5.42. The highest BCUT2D eigenvalue weighted by atomic mass is 16.4. The van der Waals surface area contributed by atoms with Gasteiger partial charge in [-0.25, -0.2) is 4.79 Å². The first-order chi connectivity index (χ1) is 10.0. The number of hydrogen-bond donors (Lipinski definition) is 3. The van der Waals surface area contributed by atoms with Crippen LogP contribution in [0, 0.1) is 5.92 Å². The smallest absolute Gasteiger partial charge is 0.328 e. The minimum atomic E-state index is -0.982. The van der Waals surface area contributed by atoms with Crippen molar-refractivity contribution < 1.29 is 14.7 Å². The summed E-state index contributed by atoms with van der Waals surface area (Å²) in [7, 11) is 0. The summed E-state index contributed by atoms with van der Waals surface area (Å²) in [5, 5.41) is 14.7. The lowest BCUT2D eigenvalue weighted by molar-refractivity contribution is -0.131. The van der Waals surface area contributed by atoms with E-state index in [0.29, 0.717) is 11.6 Å². The average Bonchev–Trinajstić information content (AvgIpc) is 2.46. The molecule has 0 aromatic heterocycles. The van der Waals surface area contributed by atoms with Crippen LogP contribution in [0.3, 0.4) is 0 Å². The Morgan fingerprint density at radius 2 is 2.05 bits per heavy atom. The normalized spacial score (nSPS) is 22.1. The first kappa shape index (κ1) is 15.3. The summed E-state index contributed by atoms with van der Waals surface area (Å²) in [6.45, 7) is 3.03. The fourth-order valence-electron chi connectivity index (χ4n) is 2.38. The highest BCUT2D eigenvalue weighted by molar-refractivity contribution is 5.95. The van der Waals surface area contributed by atoms with Crippen LogP contribution in [-0.4, -0.2) is 29.6 Å². The van der Waals surface area contributed by atoms with Crippen LogP contribution in [0.4, 0.5) is 5.69 Å². The van der Waals surface area contributed by atoms with Crippen LogP contribution < -0.4 is 10.6 Å². The number of benzene rings is 1. The SMILES string of the molecule is CC1CCNC(C(=O)Nc2ccc(/C=C/C(=O)O)cc2)C1. The Hall–Kier alpha value is -2.14. The number of aliphatic carboxylic acids is 1. The number of rotatable bonds is 4. The van der Waals surface area contributed by atoms with Gasteiger partial charge in [0.2, 0.25) is 5.91 Å². The number of carbonyl (C=O) groups excluding carboxylic acids is 1. The number of anilines is 1. The van der Waals surface area contributed by atoms with Gasteiger partial charge >= 0.3 is 5.97 Å². The topological polar surface area (TPSA) is 78.4 Å². The van der Waals surface area contributed by atoms with Gasteiger partial charge in [0, 0.05) is 11.8 Å². The van der Waals surface area contributed by atoms with E-state index in [-0.39, 0.29) is 11.9 Å². The summed E-state index contributed by atoms with van der Waals surface area (Å²) in [5.74, 6) is -0.439. The van der Waals surface area contributed by atoms with E-state index in [1.165, 1.54) is 6.08 Å². The van der Waals surface area contributed by atoms with E-state index in [4.69, 9.17) is 5.11 Å². The largest absolute Gasteiger partial charge is 0.478 e. The van der Waals surface area contributed by atoms with E-state index in [1.807, 2.05) is 0 Å². The van der Waals surface area contributed by atoms with Crippen LogP contribution in [0.25, 0.3) is 6.08 Å². The van der Waals surface area contributed by atoms with Crippen molar-refractivity contribution in [2.24, 2.45) is 5.92 Å². The quantitative estimate of drug-likeness (QED) is 0.741. The third-order valence-corrected chi connectivity index (χ3v) is 3.58. The maximum absolute atomic E-state index is 12.1. The van der Waals surface area contributed by atoms with Gasteiger partial charge in [-0.1, -0.05) is 19.1 Å². The lowest BCUT2D eigenvalue weighted by Crippen LogP contribution is -2.45. The summed E-state index contributed by atoms with van der Waals surface area (Å²) >= 11 is 0. The molecular formula is C16H20N2O3. The molecule has 0 saturated carbocycles. The van der Waals surface area contributed by atoms with Crippen molar-refractivity contribution in [3.8, 4) is 0 Å². The lowest BCUT2D eigenvalue weighted by atomic mass is 9.94. The van der Waals surface area contributed by atoms with E-state index >= 15 is 0 Å². The van der Waals surface area contributed by atoms with Gasteiger partial charge in [0.1, 0.15) is 0 Å². The molecular weight excluding hydrogens is 268 g/mol. The molecule has 1 heterocycles. The molecule has 0 bridgehead atoms.